The first kappa shape index (κ1) is 17.9. The van der Waals surface area contributed by atoms with E-state index < -0.39 is 0 Å². The minimum Gasteiger partial charge on any atom is -0.350 e. The number of hydrogen-bond acceptors (Lipinski definition) is 5. The Kier molecular flexibility index (Phi) is 6.12. The standard InChI is InChI=1S/C16H25N5S2/c1-10(2)15-11(3)23-14(20-15)7-18-16(17-5)21(6)8-13-9-22-12(4)19-13/h9-10H,7-8H2,1-6H3,(H,17,18). The fourth-order valence-electron chi connectivity index (χ4n) is 2.41. The maximum absolute atomic E-state index is 4.73. The van der Waals surface area contributed by atoms with Gasteiger partial charge in [-0.1, -0.05) is 13.8 Å². The lowest BCUT2D eigenvalue weighted by molar-refractivity contribution is 0.470. The van der Waals surface area contributed by atoms with Crippen LogP contribution in [-0.2, 0) is 13.1 Å². The molecule has 0 fully saturated rings. The number of guanidine groups is 1. The van der Waals surface area contributed by atoms with Crippen molar-refractivity contribution in [3.8, 4) is 0 Å². The highest BCUT2D eigenvalue weighted by molar-refractivity contribution is 7.11. The van der Waals surface area contributed by atoms with Crippen LogP contribution in [0.15, 0.2) is 10.4 Å². The highest BCUT2D eigenvalue weighted by Gasteiger charge is 2.13. The molecule has 23 heavy (non-hydrogen) atoms. The van der Waals surface area contributed by atoms with E-state index in [-0.39, 0.29) is 0 Å². The smallest absolute Gasteiger partial charge is 0.194 e. The van der Waals surface area contributed by atoms with Gasteiger partial charge in [0, 0.05) is 24.4 Å². The van der Waals surface area contributed by atoms with E-state index in [1.807, 2.05) is 14.0 Å². The van der Waals surface area contributed by atoms with Crippen LogP contribution in [0.2, 0.25) is 0 Å². The molecule has 0 radical (unpaired) electrons. The lowest BCUT2D eigenvalue weighted by Gasteiger charge is -2.20. The normalized spacial score (nSPS) is 12.0. The highest BCUT2D eigenvalue weighted by Crippen LogP contribution is 2.23. The minimum absolute atomic E-state index is 0.467. The predicted octanol–water partition coefficient (Wildman–Crippen LogP) is 3.55. The van der Waals surface area contributed by atoms with E-state index in [1.54, 1.807) is 29.7 Å². The molecule has 2 rings (SSSR count). The zero-order chi connectivity index (χ0) is 17.0. The second-order valence-corrected chi connectivity index (χ2v) is 8.17. The molecule has 0 amide bonds. The van der Waals surface area contributed by atoms with Crippen molar-refractivity contribution in [1.82, 2.24) is 20.2 Å². The summed E-state index contributed by atoms with van der Waals surface area (Å²) in [5, 5.41) is 7.68. The SMILES string of the molecule is CN=C(NCc1nc(C(C)C)c(C)s1)N(C)Cc1csc(C)n1. The van der Waals surface area contributed by atoms with Crippen molar-refractivity contribution >= 4 is 28.6 Å². The maximum atomic E-state index is 4.73. The van der Waals surface area contributed by atoms with Gasteiger partial charge in [0.05, 0.1) is 29.5 Å². The Morgan fingerprint density at radius 1 is 1.35 bits per heavy atom. The molecule has 0 aliphatic carbocycles. The number of nitrogens with one attached hydrogen (secondary N) is 1. The van der Waals surface area contributed by atoms with Gasteiger partial charge >= 0.3 is 0 Å². The van der Waals surface area contributed by atoms with Gasteiger partial charge in [-0.05, 0) is 19.8 Å². The van der Waals surface area contributed by atoms with Crippen LogP contribution in [0.4, 0.5) is 0 Å². The second kappa shape index (κ2) is 7.88. The van der Waals surface area contributed by atoms with E-state index in [4.69, 9.17) is 4.98 Å². The molecule has 0 aliphatic rings. The Hall–Kier alpha value is -1.47. The second-order valence-electron chi connectivity index (χ2n) is 5.82. The van der Waals surface area contributed by atoms with Crippen molar-refractivity contribution < 1.29 is 0 Å². The summed E-state index contributed by atoms with van der Waals surface area (Å²) in [5.41, 5.74) is 2.28. The number of aromatic nitrogens is 2. The quantitative estimate of drug-likeness (QED) is 0.661. The van der Waals surface area contributed by atoms with Gasteiger partial charge in [-0.2, -0.15) is 0 Å². The van der Waals surface area contributed by atoms with E-state index >= 15 is 0 Å². The van der Waals surface area contributed by atoms with E-state index in [2.05, 4.69) is 46.3 Å². The molecule has 0 aromatic carbocycles. The number of hydrogen-bond donors (Lipinski definition) is 1. The van der Waals surface area contributed by atoms with Crippen molar-refractivity contribution in [1.29, 1.82) is 0 Å². The van der Waals surface area contributed by atoms with Gasteiger partial charge in [-0.3, -0.25) is 4.99 Å². The van der Waals surface area contributed by atoms with Crippen LogP contribution >= 0.6 is 22.7 Å². The van der Waals surface area contributed by atoms with Gasteiger partial charge in [0.15, 0.2) is 5.96 Å². The zero-order valence-electron chi connectivity index (χ0n) is 14.7. The number of aliphatic imine (C=N–C) groups is 1. The molecule has 0 aliphatic heterocycles. The lowest BCUT2D eigenvalue weighted by atomic mass is 10.1. The zero-order valence-corrected chi connectivity index (χ0v) is 16.3. The summed E-state index contributed by atoms with van der Waals surface area (Å²) in [6.45, 7) is 9.98. The number of nitrogens with zero attached hydrogens (tertiary/aromatic N) is 4. The third-order valence-corrected chi connectivity index (χ3v) is 5.27. The van der Waals surface area contributed by atoms with Crippen LogP contribution in [0, 0.1) is 13.8 Å². The molecule has 0 unspecified atom stereocenters. The lowest BCUT2D eigenvalue weighted by Crippen LogP contribution is -2.38. The third kappa shape index (κ3) is 4.75. The van der Waals surface area contributed by atoms with Crippen LogP contribution in [0.5, 0.6) is 0 Å². The van der Waals surface area contributed by atoms with Gasteiger partial charge in [0.2, 0.25) is 0 Å². The summed E-state index contributed by atoms with van der Waals surface area (Å²) >= 11 is 3.43. The maximum Gasteiger partial charge on any atom is 0.194 e. The summed E-state index contributed by atoms with van der Waals surface area (Å²) in [4.78, 5) is 17.0. The average molecular weight is 352 g/mol. The molecule has 2 aromatic heterocycles. The summed E-state index contributed by atoms with van der Waals surface area (Å²) in [6.07, 6.45) is 0. The largest absolute Gasteiger partial charge is 0.350 e. The molecule has 0 saturated carbocycles. The molecule has 2 aromatic rings. The number of aryl methyl sites for hydroxylation is 2. The van der Waals surface area contributed by atoms with Gasteiger partial charge in [-0.15, -0.1) is 22.7 Å². The van der Waals surface area contributed by atoms with Gasteiger partial charge in [0.1, 0.15) is 5.01 Å². The summed E-state index contributed by atoms with van der Waals surface area (Å²) in [7, 11) is 3.83. The Morgan fingerprint density at radius 2 is 2.09 bits per heavy atom. The van der Waals surface area contributed by atoms with Crippen LogP contribution in [0.3, 0.4) is 0 Å². The topological polar surface area (TPSA) is 53.4 Å². The molecule has 0 spiro atoms. The van der Waals surface area contributed by atoms with Crippen LogP contribution in [0.1, 0.15) is 46.0 Å². The van der Waals surface area contributed by atoms with Crippen molar-refractivity contribution in [2.75, 3.05) is 14.1 Å². The Bertz CT molecular complexity index is 672. The molecular formula is C16H25N5S2. The van der Waals surface area contributed by atoms with Gasteiger partial charge in [-0.25, -0.2) is 9.97 Å². The monoisotopic (exact) mass is 351 g/mol. The van der Waals surface area contributed by atoms with E-state index in [0.717, 1.165) is 28.2 Å². The molecule has 0 atom stereocenters. The first-order valence-corrected chi connectivity index (χ1v) is 9.39. The van der Waals surface area contributed by atoms with E-state index in [9.17, 15) is 0 Å². The van der Waals surface area contributed by atoms with E-state index in [1.165, 1.54) is 10.6 Å². The molecular weight excluding hydrogens is 326 g/mol. The number of rotatable bonds is 5. The first-order chi connectivity index (χ1) is 10.9. The van der Waals surface area contributed by atoms with Crippen molar-refractivity contribution in [2.45, 2.75) is 46.7 Å². The summed E-state index contributed by atoms with van der Waals surface area (Å²) < 4.78 is 0. The van der Waals surface area contributed by atoms with Crippen LogP contribution in [-0.4, -0.2) is 34.9 Å². The van der Waals surface area contributed by atoms with Crippen molar-refractivity contribution in [2.24, 2.45) is 4.99 Å². The van der Waals surface area contributed by atoms with Gasteiger partial charge < -0.3 is 10.2 Å². The first-order valence-electron chi connectivity index (χ1n) is 7.69. The molecule has 0 bridgehead atoms. The van der Waals surface area contributed by atoms with Crippen molar-refractivity contribution in [3.63, 3.8) is 0 Å². The molecule has 5 nitrogen and oxygen atoms in total. The predicted molar refractivity (Wildman–Crippen MR) is 99.5 cm³/mol. The fraction of sp³-hybridized carbons (Fsp3) is 0.562. The Morgan fingerprint density at radius 3 is 2.61 bits per heavy atom. The van der Waals surface area contributed by atoms with Crippen molar-refractivity contribution in [3.05, 3.63) is 31.7 Å². The van der Waals surface area contributed by atoms with E-state index in [0.29, 0.717) is 12.5 Å². The summed E-state index contributed by atoms with van der Waals surface area (Å²) in [6, 6.07) is 0. The molecule has 1 N–H and O–H groups in total. The molecule has 7 heteroatoms. The minimum atomic E-state index is 0.467. The van der Waals surface area contributed by atoms with Crippen LogP contribution < -0.4 is 5.32 Å². The molecule has 2 heterocycles. The Balaban J connectivity index is 1.95. The molecule has 0 saturated heterocycles. The highest BCUT2D eigenvalue weighted by atomic mass is 32.1. The van der Waals surface area contributed by atoms with Gasteiger partial charge in [0.25, 0.3) is 0 Å². The average Bonchev–Trinajstić information content (AvgIpc) is 3.05. The Labute approximate surface area is 146 Å². The third-order valence-electron chi connectivity index (χ3n) is 3.46. The summed E-state index contributed by atoms with van der Waals surface area (Å²) in [5.74, 6) is 1.32. The number of thiazole rings is 2. The fourth-order valence-corrected chi connectivity index (χ4v) is 4.05. The molecule has 126 valence electrons. The van der Waals surface area contributed by atoms with Crippen LogP contribution in [0.25, 0.3) is 0 Å².